The average molecular weight is 428 g/mol. The van der Waals surface area contributed by atoms with Crippen LogP contribution in [0.25, 0.3) is 10.8 Å². The van der Waals surface area contributed by atoms with Gasteiger partial charge in [-0.15, -0.1) is 0 Å². The topological polar surface area (TPSA) is 71.3 Å². The number of nitrogens with zero attached hydrogens (tertiary/aromatic N) is 1. The molecule has 1 aliphatic rings. The first kappa shape index (κ1) is 20.8. The van der Waals surface area contributed by atoms with Crippen LogP contribution in [-0.2, 0) is 14.8 Å². The second-order valence-electron chi connectivity index (χ2n) is 7.60. The molecule has 6 nitrogen and oxygen atoms in total. The van der Waals surface area contributed by atoms with Crippen LogP contribution in [0.1, 0.15) is 0 Å². The Balaban J connectivity index is 1.64. The van der Waals surface area contributed by atoms with Crippen LogP contribution >= 0.6 is 0 Å². The second-order valence-corrected chi connectivity index (χ2v) is 9.46. The number of rotatable bonds is 7. The zero-order chi connectivity index (χ0) is 21.0. The highest BCUT2D eigenvalue weighted by Gasteiger charge is 2.29. The SMILES string of the molecule is O=S(=O)(c1ccc2ccccc2c1)N(CC(O)C[NH+]1CCOCC1)c1ccccc1. The predicted molar refractivity (Wildman–Crippen MR) is 117 cm³/mol. The lowest BCUT2D eigenvalue weighted by Crippen LogP contribution is -3.15. The van der Waals surface area contributed by atoms with E-state index < -0.39 is 16.1 Å². The van der Waals surface area contributed by atoms with Crippen molar-refractivity contribution < 1.29 is 23.2 Å². The van der Waals surface area contributed by atoms with Crippen LogP contribution < -0.4 is 9.21 Å². The summed E-state index contributed by atoms with van der Waals surface area (Å²) in [6.45, 7) is 3.46. The van der Waals surface area contributed by atoms with Gasteiger partial charge in [-0.25, -0.2) is 8.42 Å². The molecule has 7 heteroatoms. The fourth-order valence-electron chi connectivity index (χ4n) is 3.85. The minimum atomic E-state index is -3.84. The molecule has 3 aromatic carbocycles. The lowest BCUT2D eigenvalue weighted by molar-refractivity contribution is -0.910. The molecule has 0 bridgehead atoms. The number of anilines is 1. The van der Waals surface area contributed by atoms with Crippen LogP contribution in [0.3, 0.4) is 0 Å². The summed E-state index contributed by atoms with van der Waals surface area (Å²) in [6.07, 6.45) is -0.784. The number of morpholine rings is 1. The van der Waals surface area contributed by atoms with E-state index >= 15 is 0 Å². The Morgan fingerprint density at radius 2 is 1.60 bits per heavy atom. The van der Waals surface area contributed by atoms with E-state index in [2.05, 4.69) is 0 Å². The predicted octanol–water partition coefficient (Wildman–Crippen LogP) is 1.31. The average Bonchev–Trinajstić information content (AvgIpc) is 2.78. The van der Waals surface area contributed by atoms with Crippen molar-refractivity contribution in [2.75, 3.05) is 43.7 Å². The fraction of sp³-hybridized carbons (Fsp3) is 0.304. The highest BCUT2D eigenvalue weighted by atomic mass is 32.2. The van der Waals surface area contributed by atoms with Crippen molar-refractivity contribution in [2.45, 2.75) is 11.0 Å². The molecule has 1 fully saturated rings. The van der Waals surface area contributed by atoms with Gasteiger partial charge in [0.15, 0.2) is 0 Å². The number of hydrogen-bond acceptors (Lipinski definition) is 4. The standard InChI is InChI=1S/C23H26N2O4S/c26-22(17-24-12-14-29-15-13-24)18-25(21-8-2-1-3-9-21)30(27,28)23-11-10-19-6-4-5-7-20(19)16-23/h1-11,16,22,26H,12-15,17-18H2/p+1. The lowest BCUT2D eigenvalue weighted by atomic mass is 10.1. The van der Waals surface area contributed by atoms with Gasteiger partial charge >= 0.3 is 0 Å². The summed E-state index contributed by atoms with van der Waals surface area (Å²) in [5.74, 6) is 0. The second kappa shape index (κ2) is 9.14. The third-order valence-corrected chi connectivity index (χ3v) is 7.24. The summed E-state index contributed by atoms with van der Waals surface area (Å²) in [4.78, 5) is 1.45. The largest absolute Gasteiger partial charge is 0.385 e. The number of fused-ring (bicyclic) bond motifs is 1. The van der Waals surface area contributed by atoms with E-state index in [1.807, 2.05) is 36.4 Å². The van der Waals surface area contributed by atoms with Gasteiger partial charge in [0.05, 0.1) is 30.3 Å². The van der Waals surface area contributed by atoms with Crippen molar-refractivity contribution >= 4 is 26.5 Å². The zero-order valence-corrected chi connectivity index (χ0v) is 17.6. The third kappa shape index (κ3) is 4.65. The number of ether oxygens (including phenoxy) is 1. The van der Waals surface area contributed by atoms with Crippen molar-refractivity contribution in [1.29, 1.82) is 0 Å². The summed E-state index contributed by atoms with van der Waals surface area (Å²) in [5, 5.41) is 12.6. The van der Waals surface area contributed by atoms with Gasteiger partial charge in [-0.05, 0) is 35.0 Å². The van der Waals surface area contributed by atoms with Crippen LogP contribution in [0, 0.1) is 0 Å². The maximum absolute atomic E-state index is 13.6. The van der Waals surface area contributed by atoms with Gasteiger partial charge in [-0.3, -0.25) is 4.31 Å². The van der Waals surface area contributed by atoms with Crippen LogP contribution in [0.15, 0.2) is 77.7 Å². The molecule has 1 heterocycles. The molecule has 1 atom stereocenters. The highest BCUT2D eigenvalue weighted by Crippen LogP contribution is 2.26. The van der Waals surface area contributed by atoms with Gasteiger partial charge in [0.2, 0.25) is 0 Å². The van der Waals surface area contributed by atoms with E-state index in [0.717, 1.165) is 23.9 Å². The van der Waals surface area contributed by atoms with Gasteiger partial charge in [-0.1, -0.05) is 48.5 Å². The van der Waals surface area contributed by atoms with Gasteiger partial charge in [-0.2, -0.15) is 0 Å². The maximum Gasteiger partial charge on any atom is 0.264 e. The van der Waals surface area contributed by atoms with E-state index in [-0.39, 0.29) is 11.4 Å². The molecule has 2 N–H and O–H groups in total. The molecule has 0 aromatic heterocycles. The molecule has 0 amide bonds. The molecule has 30 heavy (non-hydrogen) atoms. The van der Waals surface area contributed by atoms with Crippen LogP contribution in [0.5, 0.6) is 0 Å². The molecule has 1 aliphatic heterocycles. The number of nitrogens with one attached hydrogen (secondary N) is 1. The fourth-order valence-corrected chi connectivity index (χ4v) is 5.38. The molecule has 158 valence electrons. The number of benzene rings is 3. The van der Waals surface area contributed by atoms with E-state index in [4.69, 9.17) is 4.74 Å². The Hall–Kier alpha value is -2.45. The molecular formula is C23H27N2O4S+. The minimum Gasteiger partial charge on any atom is -0.385 e. The number of para-hydroxylation sites is 1. The summed E-state index contributed by atoms with van der Waals surface area (Å²) in [6, 6.07) is 21.8. The lowest BCUT2D eigenvalue weighted by Gasteiger charge is -2.30. The Morgan fingerprint density at radius 1 is 0.933 bits per heavy atom. The zero-order valence-electron chi connectivity index (χ0n) is 16.8. The normalized spacial score (nSPS) is 16.4. The minimum absolute atomic E-state index is 0.00350. The van der Waals surface area contributed by atoms with Crippen LogP contribution in [0.2, 0.25) is 0 Å². The van der Waals surface area contributed by atoms with E-state index in [0.29, 0.717) is 25.4 Å². The Labute approximate surface area is 177 Å². The smallest absolute Gasteiger partial charge is 0.264 e. The molecule has 0 saturated carbocycles. The number of hydrogen-bond donors (Lipinski definition) is 2. The van der Waals surface area contributed by atoms with Crippen molar-refractivity contribution in [2.24, 2.45) is 0 Å². The summed E-state index contributed by atoms with van der Waals surface area (Å²) in [7, 11) is -3.84. The molecule has 0 aliphatic carbocycles. The van der Waals surface area contributed by atoms with E-state index in [1.54, 1.807) is 36.4 Å². The number of sulfonamides is 1. The Morgan fingerprint density at radius 3 is 2.33 bits per heavy atom. The molecule has 4 rings (SSSR count). The number of aliphatic hydroxyl groups is 1. The summed E-state index contributed by atoms with van der Waals surface area (Å²) in [5.41, 5.74) is 0.543. The van der Waals surface area contributed by atoms with Gasteiger partial charge in [0.25, 0.3) is 10.0 Å². The van der Waals surface area contributed by atoms with Crippen molar-refractivity contribution in [3.05, 3.63) is 72.8 Å². The van der Waals surface area contributed by atoms with E-state index in [1.165, 1.54) is 9.21 Å². The van der Waals surface area contributed by atoms with E-state index in [9.17, 15) is 13.5 Å². The first-order chi connectivity index (χ1) is 14.5. The summed E-state index contributed by atoms with van der Waals surface area (Å²) >= 11 is 0. The first-order valence-corrected chi connectivity index (χ1v) is 11.6. The number of aliphatic hydroxyl groups excluding tert-OH is 1. The highest BCUT2D eigenvalue weighted by molar-refractivity contribution is 7.92. The molecular weight excluding hydrogens is 400 g/mol. The van der Waals surface area contributed by atoms with Gasteiger partial charge < -0.3 is 14.7 Å². The van der Waals surface area contributed by atoms with Crippen molar-refractivity contribution in [3.8, 4) is 0 Å². The van der Waals surface area contributed by atoms with Crippen molar-refractivity contribution in [3.63, 3.8) is 0 Å². The molecule has 1 saturated heterocycles. The third-order valence-electron chi connectivity index (χ3n) is 5.45. The van der Waals surface area contributed by atoms with Crippen LogP contribution in [0.4, 0.5) is 5.69 Å². The molecule has 0 spiro atoms. The number of quaternary nitrogens is 1. The van der Waals surface area contributed by atoms with Gasteiger partial charge in [0.1, 0.15) is 25.7 Å². The van der Waals surface area contributed by atoms with Crippen LogP contribution in [-0.4, -0.2) is 59.0 Å². The maximum atomic E-state index is 13.6. The quantitative estimate of drug-likeness (QED) is 0.597. The Bertz CT molecular complexity index is 1080. The Kier molecular flexibility index (Phi) is 6.34. The first-order valence-electron chi connectivity index (χ1n) is 10.2. The molecule has 3 aromatic rings. The monoisotopic (exact) mass is 427 g/mol. The summed E-state index contributed by atoms with van der Waals surface area (Å²) < 4.78 is 33.9. The molecule has 1 unspecified atom stereocenters. The van der Waals surface area contributed by atoms with Gasteiger partial charge in [0, 0.05) is 0 Å². The molecule has 0 radical (unpaired) electrons. The van der Waals surface area contributed by atoms with Crippen molar-refractivity contribution in [1.82, 2.24) is 0 Å².